The van der Waals surface area contributed by atoms with Gasteiger partial charge in [-0.05, 0) is 25.3 Å². The molecule has 1 N–H and O–H groups in total. The van der Waals surface area contributed by atoms with Gasteiger partial charge < -0.3 is 10.2 Å². The van der Waals surface area contributed by atoms with Crippen molar-refractivity contribution in [1.29, 1.82) is 0 Å². The number of hydrogen-bond acceptors (Lipinski definition) is 4. The molecule has 1 saturated heterocycles. The molecule has 1 fully saturated rings. The van der Waals surface area contributed by atoms with E-state index in [1.807, 2.05) is 62.9 Å². The van der Waals surface area contributed by atoms with E-state index in [9.17, 15) is 9.59 Å². The summed E-state index contributed by atoms with van der Waals surface area (Å²) in [6.45, 7) is 8.91. The third-order valence-electron chi connectivity index (χ3n) is 4.73. The Morgan fingerprint density at radius 3 is 2.59 bits per heavy atom. The second kappa shape index (κ2) is 7.80. The molecule has 0 spiro atoms. The maximum absolute atomic E-state index is 12.9. The summed E-state index contributed by atoms with van der Waals surface area (Å²) in [5.41, 5.74) is 0.622. The van der Waals surface area contributed by atoms with E-state index in [0.29, 0.717) is 12.4 Å². The van der Waals surface area contributed by atoms with Crippen LogP contribution in [-0.4, -0.2) is 34.8 Å². The lowest BCUT2D eigenvalue weighted by Crippen LogP contribution is -2.47. The Hall–Kier alpha value is -2.21. The van der Waals surface area contributed by atoms with Crippen LogP contribution in [0, 0.1) is 18.3 Å². The molecule has 3 rings (SSSR count). The van der Waals surface area contributed by atoms with Crippen LogP contribution in [0.3, 0.4) is 0 Å². The number of anilines is 1. The van der Waals surface area contributed by atoms with Crippen molar-refractivity contribution in [2.45, 2.75) is 40.5 Å². The fourth-order valence-corrected chi connectivity index (χ4v) is 4.25. The van der Waals surface area contributed by atoms with E-state index in [4.69, 9.17) is 0 Å². The third-order valence-corrected chi connectivity index (χ3v) is 5.75. The maximum Gasteiger partial charge on any atom is 0.230 e. The van der Waals surface area contributed by atoms with Crippen molar-refractivity contribution in [3.05, 3.63) is 35.3 Å². The van der Waals surface area contributed by atoms with Gasteiger partial charge in [0.15, 0.2) is 5.82 Å². The molecular formula is C21H27N3O2S. The van der Waals surface area contributed by atoms with Gasteiger partial charge in [0.25, 0.3) is 0 Å². The molecule has 144 valence electrons. The summed E-state index contributed by atoms with van der Waals surface area (Å²) in [6.07, 6.45) is 1.64. The van der Waals surface area contributed by atoms with Crippen molar-refractivity contribution < 1.29 is 9.59 Å². The van der Waals surface area contributed by atoms with Gasteiger partial charge in [-0.3, -0.25) is 9.59 Å². The fraction of sp³-hybridized carbons (Fsp3) is 0.476. The summed E-state index contributed by atoms with van der Waals surface area (Å²) in [7, 11) is 0. The Kier molecular flexibility index (Phi) is 5.65. The number of thiazole rings is 1. The molecule has 0 unspecified atom stereocenters. The maximum atomic E-state index is 12.9. The van der Waals surface area contributed by atoms with Crippen LogP contribution in [0.25, 0.3) is 10.4 Å². The van der Waals surface area contributed by atoms with Gasteiger partial charge in [0.1, 0.15) is 0 Å². The van der Waals surface area contributed by atoms with Crippen molar-refractivity contribution in [3.63, 3.8) is 0 Å². The number of hydrogen-bond donors (Lipinski definition) is 1. The highest BCUT2D eigenvalue weighted by Gasteiger charge is 2.33. The van der Waals surface area contributed by atoms with Gasteiger partial charge in [0.2, 0.25) is 11.8 Å². The Bertz CT molecular complexity index is 824. The van der Waals surface area contributed by atoms with E-state index in [2.05, 4.69) is 10.3 Å². The minimum atomic E-state index is -0.426. The number of carbonyl (C=O) groups excluding carboxylic acids is 2. The number of likely N-dealkylation sites (tertiary alicyclic amines) is 1. The first kappa shape index (κ1) is 19.5. The summed E-state index contributed by atoms with van der Waals surface area (Å²) in [5, 5.41) is 3.93. The highest BCUT2D eigenvalue weighted by atomic mass is 32.1. The summed E-state index contributed by atoms with van der Waals surface area (Å²) < 4.78 is 0. The number of carbonyl (C=O) groups is 2. The van der Waals surface area contributed by atoms with Crippen LogP contribution in [-0.2, 0) is 9.59 Å². The van der Waals surface area contributed by atoms with E-state index < -0.39 is 5.41 Å². The third kappa shape index (κ3) is 4.56. The number of piperidine rings is 1. The summed E-state index contributed by atoms with van der Waals surface area (Å²) in [5.74, 6) is 0.474. The second-order valence-corrected chi connectivity index (χ2v) is 9.31. The Morgan fingerprint density at radius 2 is 1.93 bits per heavy atom. The molecule has 5 nitrogen and oxygen atoms in total. The Balaban J connectivity index is 1.74. The van der Waals surface area contributed by atoms with Gasteiger partial charge in [-0.15, -0.1) is 11.3 Å². The van der Waals surface area contributed by atoms with Crippen molar-refractivity contribution >= 4 is 29.0 Å². The van der Waals surface area contributed by atoms with E-state index in [1.165, 1.54) is 0 Å². The van der Waals surface area contributed by atoms with Gasteiger partial charge in [-0.25, -0.2) is 4.98 Å². The average molecular weight is 386 g/mol. The molecule has 1 aromatic heterocycles. The number of nitrogens with one attached hydrogen (secondary N) is 1. The smallest absolute Gasteiger partial charge is 0.230 e. The van der Waals surface area contributed by atoms with Gasteiger partial charge in [0.05, 0.1) is 15.8 Å². The first-order chi connectivity index (χ1) is 12.8. The van der Waals surface area contributed by atoms with Crippen molar-refractivity contribution in [1.82, 2.24) is 9.88 Å². The van der Waals surface area contributed by atoms with E-state index in [1.54, 1.807) is 11.3 Å². The summed E-state index contributed by atoms with van der Waals surface area (Å²) in [4.78, 5) is 32.8. The van der Waals surface area contributed by atoms with Crippen LogP contribution in [0.1, 0.15) is 38.6 Å². The van der Waals surface area contributed by atoms with Crippen LogP contribution >= 0.6 is 11.3 Å². The van der Waals surface area contributed by atoms with Crippen LogP contribution in [0.4, 0.5) is 5.82 Å². The molecule has 27 heavy (non-hydrogen) atoms. The highest BCUT2D eigenvalue weighted by Crippen LogP contribution is 2.34. The lowest BCUT2D eigenvalue weighted by atomic mass is 9.91. The second-order valence-electron chi connectivity index (χ2n) is 8.11. The molecule has 6 heteroatoms. The van der Waals surface area contributed by atoms with E-state index in [0.717, 1.165) is 34.8 Å². The van der Waals surface area contributed by atoms with E-state index in [-0.39, 0.29) is 17.7 Å². The highest BCUT2D eigenvalue weighted by molar-refractivity contribution is 7.15. The monoisotopic (exact) mass is 385 g/mol. The molecule has 0 aliphatic carbocycles. The van der Waals surface area contributed by atoms with Crippen LogP contribution in [0.5, 0.6) is 0 Å². The summed E-state index contributed by atoms with van der Waals surface area (Å²) in [6, 6.07) is 9.97. The molecule has 2 amide bonds. The molecule has 1 aliphatic rings. The first-order valence-electron chi connectivity index (χ1n) is 9.39. The minimum absolute atomic E-state index is 0.0520. The fourth-order valence-electron chi connectivity index (χ4n) is 3.37. The minimum Gasteiger partial charge on any atom is -0.341 e. The number of aromatic nitrogens is 1. The van der Waals surface area contributed by atoms with Gasteiger partial charge in [-0.2, -0.15) is 0 Å². The predicted octanol–water partition coefficient (Wildman–Crippen LogP) is 4.34. The van der Waals surface area contributed by atoms with Gasteiger partial charge in [-0.1, -0.05) is 51.1 Å². The molecule has 1 atom stereocenters. The lowest BCUT2D eigenvalue weighted by molar-refractivity contribution is -0.142. The predicted molar refractivity (Wildman–Crippen MR) is 110 cm³/mol. The zero-order valence-corrected chi connectivity index (χ0v) is 17.2. The molecule has 2 heterocycles. The van der Waals surface area contributed by atoms with Crippen molar-refractivity contribution in [2.24, 2.45) is 11.3 Å². The number of benzene rings is 1. The average Bonchev–Trinajstić information content (AvgIpc) is 3.01. The lowest BCUT2D eigenvalue weighted by Gasteiger charge is -2.35. The van der Waals surface area contributed by atoms with Crippen LogP contribution < -0.4 is 5.32 Å². The SMILES string of the molecule is Cc1nc(NC(=O)[C@@H]2CCCN(C(=O)C(C)(C)C)C2)c(-c2ccccc2)s1. The molecule has 0 saturated carbocycles. The van der Waals surface area contributed by atoms with Crippen molar-refractivity contribution in [2.75, 3.05) is 18.4 Å². The number of nitrogens with zero attached hydrogens (tertiary/aromatic N) is 2. The summed E-state index contributed by atoms with van der Waals surface area (Å²) >= 11 is 1.57. The Morgan fingerprint density at radius 1 is 1.22 bits per heavy atom. The molecular weight excluding hydrogens is 358 g/mol. The number of aryl methyl sites for hydroxylation is 1. The molecule has 0 bridgehead atoms. The molecule has 2 aromatic rings. The standard InChI is InChI=1S/C21H27N3O2S/c1-14-22-18(17(27-14)15-9-6-5-7-10-15)23-19(25)16-11-8-12-24(13-16)20(26)21(2,3)4/h5-7,9-10,16H,8,11-13H2,1-4H3,(H,23,25)/t16-/m1/s1. The van der Waals surface area contributed by atoms with Crippen LogP contribution in [0.15, 0.2) is 30.3 Å². The topological polar surface area (TPSA) is 62.3 Å². The first-order valence-corrected chi connectivity index (χ1v) is 10.2. The zero-order valence-electron chi connectivity index (χ0n) is 16.4. The van der Waals surface area contributed by atoms with E-state index >= 15 is 0 Å². The normalized spacial score (nSPS) is 17.6. The van der Waals surface area contributed by atoms with Gasteiger partial charge >= 0.3 is 0 Å². The Labute approximate surface area is 164 Å². The zero-order chi connectivity index (χ0) is 19.6. The number of amides is 2. The van der Waals surface area contributed by atoms with Crippen molar-refractivity contribution in [3.8, 4) is 10.4 Å². The quantitative estimate of drug-likeness (QED) is 0.855. The molecule has 1 aromatic carbocycles. The number of rotatable bonds is 3. The van der Waals surface area contributed by atoms with Crippen LogP contribution in [0.2, 0.25) is 0 Å². The largest absolute Gasteiger partial charge is 0.341 e. The molecule has 0 radical (unpaired) electrons. The molecule has 1 aliphatic heterocycles. The van der Waals surface area contributed by atoms with Gasteiger partial charge in [0, 0.05) is 18.5 Å².